The second kappa shape index (κ2) is 5.43. The third-order valence-corrected chi connectivity index (χ3v) is 3.37. The van der Waals surface area contributed by atoms with Crippen LogP contribution in [0, 0.1) is 0 Å². The first kappa shape index (κ1) is 12.8. The number of fused-ring (bicyclic) bond motifs is 1. The predicted octanol–water partition coefficient (Wildman–Crippen LogP) is 2.73. The van der Waals surface area contributed by atoms with Crippen LogP contribution in [0.3, 0.4) is 0 Å². The van der Waals surface area contributed by atoms with Gasteiger partial charge in [0.2, 0.25) is 0 Å². The summed E-state index contributed by atoms with van der Waals surface area (Å²) in [5.41, 5.74) is 3.78. The van der Waals surface area contributed by atoms with Crippen LogP contribution in [0.5, 0.6) is 0 Å². The van der Waals surface area contributed by atoms with Crippen molar-refractivity contribution in [2.24, 2.45) is 0 Å². The molecule has 1 unspecified atom stereocenters. The molecule has 0 saturated carbocycles. The number of aliphatic hydroxyl groups excluding tert-OH is 1. The average Bonchev–Trinajstić information content (AvgIpc) is 2.91. The normalized spacial score (nSPS) is 12.7. The molecule has 4 heteroatoms. The van der Waals surface area contributed by atoms with Crippen molar-refractivity contribution in [3.8, 4) is 5.69 Å². The summed E-state index contributed by atoms with van der Waals surface area (Å²) in [5, 5.41) is 18.7. The largest absolute Gasteiger partial charge is 0.393 e. The highest BCUT2D eigenvalue weighted by Crippen LogP contribution is 2.14. The lowest BCUT2D eigenvalue weighted by molar-refractivity contribution is 0.171. The van der Waals surface area contributed by atoms with Gasteiger partial charge in [-0.1, -0.05) is 31.2 Å². The van der Waals surface area contributed by atoms with Gasteiger partial charge in [0.05, 0.1) is 11.8 Å². The molecule has 0 radical (unpaired) electrons. The highest BCUT2D eigenvalue weighted by atomic mass is 16.3. The van der Waals surface area contributed by atoms with E-state index in [1.165, 1.54) is 0 Å². The third kappa shape index (κ3) is 2.56. The van der Waals surface area contributed by atoms with Gasteiger partial charge in [-0.2, -0.15) is 4.80 Å². The van der Waals surface area contributed by atoms with Gasteiger partial charge < -0.3 is 5.11 Å². The molecule has 0 aliphatic rings. The molecule has 0 amide bonds. The quantitative estimate of drug-likeness (QED) is 0.790. The molecule has 1 aromatic heterocycles. The molecule has 0 aliphatic heterocycles. The number of hydrogen-bond donors (Lipinski definition) is 1. The summed E-state index contributed by atoms with van der Waals surface area (Å²) in [7, 11) is 0. The highest BCUT2D eigenvalue weighted by Gasteiger charge is 2.07. The minimum atomic E-state index is -0.296. The Morgan fingerprint density at radius 1 is 1.05 bits per heavy atom. The molecular formula is C16H17N3O. The van der Waals surface area contributed by atoms with Gasteiger partial charge in [-0.05, 0) is 42.7 Å². The van der Waals surface area contributed by atoms with Crippen molar-refractivity contribution in [1.29, 1.82) is 0 Å². The molecule has 1 atom stereocenters. The highest BCUT2D eigenvalue weighted by molar-refractivity contribution is 5.73. The molecule has 1 N–H and O–H groups in total. The van der Waals surface area contributed by atoms with Crippen LogP contribution in [-0.4, -0.2) is 26.2 Å². The minimum Gasteiger partial charge on any atom is -0.393 e. The van der Waals surface area contributed by atoms with Gasteiger partial charge in [0, 0.05) is 0 Å². The topological polar surface area (TPSA) is 50.9 Å². The van der Waals surface area contributed by atoms with Crippen molar-refractivity contribution >= 4 is 11.0 Å². The van der Waals surface area contributed by atoms with Gasteiger partial charge in [0.1, 0.15) is 11.0 Å². The van der Waals surface area contributed by atoms with E-state index in [-0.39, 0.29) is 6.10 Å². The van der Waals surface area contributed by atoms with Crippen LogP contribution in [0.15, 0.2) is 48.5 Å². The van der Waals surface area contributed by atoms with E-state index in [0.717, 1.165) is 28.7 Å². The van der Waals surface area contributed by atoms with Crippen LogP contribution < -0.4 is 0 Å². The molecule has 0 bridgehead atoms. The Labute approximate surface area is 117 Å². The molecule has 1 heterocycles. The van der Waals surface area contributed by atoms with E-state index in [2.05, 4.69) is 10.2 Å². The van der Waals surface area contributed by atoms with Gasteiger partial charge >= 0.3 is 0 Å². The zero-order valence-corrected chi connectivity index (χ0v) is 11.4. The summed E-state index contributed by atoms with van der Waals surface area (Å²) in [4.78, 5) is 1.65. The SMILES string of the molecule is CCC(O)Cc1cccc(-n2nc3ccccc3n2)c1. The van der Waals surface area contributed by atoms with Crippen LogP contribution in [0.25, 0.3) is 16.7 Å². The molecule has 2 aromatic carbocycles. The lowest BCUT2D eigenvalue weighted by atomic mass is 10.1. The summed E-state index contributed by atoms with van der Waals surface area (Å²) in [6.45, 7) is 1.98. The molecular weight excluding hydrogens is 250 g/mol. The number of nitrogens with zero attached hydrogens (tertiary/aromatic N) is 3. The summed E-state index contributed by atoms with van der Waals surface area (Å²) < 4.78 is 0. The van der Waals surface area contributed by atoms with Crippen LogP contribution in [-0.2, 0) is 6.42 Å². The van der Waals surface area contributed by atoms with Gasteiger partial charge in [-0.25, -0.2) is 0 Å². The summed E-state index contributed by atoms with van der Waals surface area (Å²) >= 11 is 0. The Hall–Kier alpha value is -2.20. The molecule has 3 rings (SSSR count). The Bertz CT molecular complexity index is 687. The minimum absolute atomic E-state index is 0.296. The maximum Gasteiger partial charge on any atom is 0.113 e. The van der Waals surface area contributed by atoms with Crippen molar-refractivity contribution in [3.63, 3.8) is 0 Å². The van der Waals surface area contributed by atoms with Crippen molar-refractivity contribution in [2.45, 2.75) is 25.9 Å². The lowest BCUT2D eigenvalue weighted by Gasteiger charge is -2.08. The van der Waals surface area contributed by atoms with Crippen LogP contribution in [0.2, 0.25) is 0 Å². The van der Waals surface area contributed by atoms with Crippen LogP contribution >= 0.6 is 0 Å². The lowest BCUT2D eigenvalue weighted by Crippen LogP contribution is -2.09. The number of aliphatic hydroxyl groups is 1. The van der Waals surface area contributed by atoms with Crippen molar-refractivity contribution in [3.05, 3.63) is 54.1 Å². The van der Waals surface area contributed by atoms with Crippen LogP contribution in [0.4, 0.5) is 0 Å². The molecule has 4 nitrogen and oxygen atoms in total. The summed E-state index contributed by atoms with van der Waals surface area (Å²) in [5.74, 6) is 0. The van der Waals surface area contributed by atoms with Gasteiger partial charge in [0.25, 0.3) is 0 Å². The number of hydrogen-bond acceptors (Lipinski definition) is 3. The maximum absolute atomic E-state index is 9.75. The Kier molecular flexibility index (Phi) is 3.48. The molecule has 0 fully saturated rings. The van der Waals surface area contributed by atoms with Crippen molar-refractivity contribution < 1.29 is 5.11 Å². The zero-order valence-electron chi connectivity index (χ0n) is 11.4. The first-order valence-electron chi connectivity index (χ1n) is 6.85. The van der Waals surface area contributed by atoms with E-state index < -0.39 is 0 Å². The second-order valence-electron chi connectivity index (χ2n) is 4.91. The Balaban J connectivity index is 1.95. The van der Waals surface area contributed by atoms with Crippen molar-refractivity contribution in [2.75, 3.05) is 0 Å². The van der Waals surface area contributed by atoms with Crippen molar-refractivity contribution in [1.82, 2.24) is 15.0 Å². The molecule has 3 aromatic rings. The first-order chi connectivity index (χ1) is 9.76. The van der Waals surface area contributed by atoms with E-state index in [0.29, 0.717) is 6.42 Å². The fourth-order valence-electron chi connectivity index (χ4n) is 2.20. The van der Waals surface area contributed by atoms with Gasteiger partial charge in [-0.15, -0.1) is 10.2 Å². The van der Waals surface area contributed by atoms with E-state index in [1.54, 1.807) is 4.80 Å². The average molecular weight is 267 g/mol. The Morgan fingerprint density at radius 2 is 1.75 bits per heavy atom. The maximum atomic E-state index is 9.75. The monoisotopic (exact) mass is 267 g/mol. The number of aromatic nitrogens is 3. The van der Waals surface area contributed by atoms with E-state index in [9.17, 15) is 5.11 Å². The van der Waals surface area contributed by atoms with E-state index in [4.69, 9.17) is 0 Å². The fraction of sp³-hybridized carbons (Fsp3) is 0.250. The zero-order chi connectivity index (χ0) is 13.9. The molecule has 20 heavy (non-hydrogen) atoms. The second-order valence-corrected chi connectivity index (χ2v) is 4.91. The molecule has 0 aliphatic carbocycles. The smallest absolute Gasteiger partial charge is 0.113 e. The fourth-order valence-corrected chi connectivity index (χ4v) is 2.20. The molecule has 102 valence electrons. The number of rotatable bonds is 4. The third-order valence-electron chi connectivity index (χ3n) is 3.37. The molecule has 0 saturated heterocycles. The first-order valence-corrected chi connectivity index (χ1v) is 6.85. The van der Waals surface area contributed by atoms with Gasteiger partial charge in [-0.3, -0.25) is 0 Å². The standard InChI is InChI=1S/C16H17N3O/c1-2-14(20)11-12-6-5-7-13(10-12)19-17-15-8-3-4-9-16(15)18-19/h3-10,14,20H,2,11H2,1H3. The van der Waals surface area contributed by atoms with Gasteiger partial charge in [0.15, 0.2) is 0 Å². The van der Waals surface area contributed by atoms with E-state index in [1.807, 2.05) is 55.5 Å². The van der Waals surface area contributed by atoms with E-state index >= 15 is 0 Å². The predicted molar refractivity (Wildman–Crippen MR) is 78.9 cm³/mol. The van der Waals surface area contributed by atoms with Crippen LogP contribution in [0.1, 0.15) is 18.9 Å². The number of benzene rings is 2. The molecule has 0 spiro atoms. The Morgan fingerprint density at radius 3 is 2.40 bits per heavy atom. The summed E-state index contributed by atoms with van der Waals surface area (Å²) in [6.07, 6.45) is 1.12. The summed E-state index contributed by atoms with van der Waals surface area (Å²) in [6, 6.07) is 15.8.